The van der Waals surface area contributed by atoms with Gasteiger partial charge in [0.2, 0.25) is 0 Å². The standard InChI is InChI=1S/C29H48O4/c1-20(2)25-12-13-26-22(10-11-23-17-24(30)18-27(31)21(23)3)9-8-15-29(25,26)19-33-16-7-6-14-28(4,5)32/h10-11,20,24-27,30-32H,3,6-9,12-19H2,1-2,4-5H3/t24-,25-,26+,27+,29+/m1/s1. The number of aliphatic hydroxyl groups is 3. The smallest absolute Gasteiger partial charge is 0.0811 e. The van der Waals surface area contributed by atoms with Crippen LogP contribution < -0.4 is 0 Å². The first-order valence-corrected chi connectivity index (χ1v) is 13.3. The fraction of sp³-hybridized carbons (Fsp3) is 0.793. The number of unbranched alkanes of at least 4 members (excludes halogenated alkanes) is 1. The fourth-order valence-electron chi connectivity index (χ4n) is 6.86. The number of hydrogen-bond acceptors (Lipinski definition) is 4. The quantitative estimate of drug-likeness (QED) is 0.385. The first-order valence-electron chi connectivity index (χ1n) is 13.3. The lowest BCUT2D eigenvalue weighted by molar-refractivity contribution is -0.0297. The summed E-state index contributed by atoms with van der Waals surface area (Å²) in [6.45, 7) is 14.2. The second-order valence-corrected chi connectivity index (χ2v) is 12.0. The lowest BCUT2D eigenvalue weighted by Crippen LogP contribution is -2.42. The van der Waals surface area contributed by atoms with E-state index in [9.17, 15) is 15.3 Å². The van der Waals surface area contributed by atoms with E-state index in [1.165, 1.54) is 31.3 Å². The molecular formula is C29H48O4. The Balaban J connectivity index is 1.71. The van der Waals surface area contributed by atoms with E-state index in [0.717, 1.165) is 50.0 Å². The molecule has 0 spiro atoms. The summed E-state index contributed by atoms with van der Waals surface area (Å²) in [7, 11) is 0. The van der Waals surface area contributed by atoms with Crippen molar-refractivity contribution in [1.29, 1.82) is 0 Å². The van der Waals surface area contributed by atoms with Crippen molar-refractivity contribution in [3.05, 3.63) is 35.5 Å². The van der Waals surface area contributed by atoms with E-state index in [0.29, 0.717) is 30.6 Å². The molecule has 188 valence electrons. The maximum absolute atomic E-state index is 10.2. The van der Waals surface area contributed by atoms with Crippen molar-refractivity contribution in [3.8, 4) is 0 Å². The normalized spacial score (nSPS) is 35.6. The Bertz CT molecular complexity index is 728. The van der Waals surface area contributed by atoms with Crippen molar-refractivity contribution in [3.63, 3.8) is 0 Å². The van der Waals surface area contributed by atoms with E-state index in [1.54, 1.807) is 0 Å². The Morgan fingerprint density at radius 3 is 2.64 bits per heavy atom. The molecule has 0 aromatic rings. The van der Waals surface area contributed by atoms with E-state index in [-0.39, 0.29) is 5.41 Å². The van der Waals surface area contributed by atoms with E-state index < -0.39 is 17.8 Å². The molecule has 3 aliphatic carbocycles. The SMILES string of the molecule is C=C1C(=CC=C2CCC[C@]3(COCCCCC(C)(C)O)[C@@H](C(C)C)CC[C@@H]23)C[C@@H](O)C[C@@H]1O. The minimum absolute atomic E-state index is 0.218. The van der Waals surface area contributed by atoms with Gasteiger partial charge >= 0.3 is 0 Å². The van der Waals surface area contributed by atoms with E-state index >= 15 is 0 Å². The molecule has 0 heterocycles. The summed E-state index contributed by atoms with van der Waals surface area (Å²) in [6.07, 6.45) is 13.1. The third-order valence-electron chi connectivity index (χ3n) is 8.52. The van der Waals surface area contributed by atoms with Crippen LogP contribution in [0.3, 0.4) is 0 Å². The highest BCUT2D eigenvalue weighted by Crippen LogP contribution is 2.59. The first kappa shape index (κ1) is 26.7. The molecule has 3 saturated carbocycles. The Hall–Kier alpha value is -0.940. The number of fused-ring (bicyclic) bond motifs is 1. The number of rotatable bonds is 9. The van der Waals surface area contributed by atoms with Crippen molar-refractivity contribution >= 4 is 0 Å². The first-order chi connectivity index (χ1) is 15.5. The van der Waals surface area contributed by atoms with Crippen molar-refractivity contribution in [2.45, 2.75) is 110 Å². The molecule has 4 heteroatoms. The van der Waals surface area contributed by atoms with Crippen LogP contribution in [0.25, 0.3) is 0 Å². The van der Waals surface area contributed by atoms with Gasteiger partial charge in [-0.05, 0) is 101 Å². The minimum Gasteiger partial charge on any atom is -0.393 e. The summed E-state index contributed by atoms with van der Waals surface area (Å²) in [4.78, 5) is 0. The molecule has 3 aliphatic rings. The average Bonchev–Trinajstić information content (AvgIpc) is 3.11. The maximum atomic E-state index is 10.2. The molecule has 0 amide bonds. The third kappa shape index (κ3) is 6.60. The number of ether oxygens (including phenoxy) is 1. The predicted molar refractivity (Wildman–Crippen MR) is 135 cm³/mol. The van der Waals surface area contributed by atoms with Crippen LogP contribution in [0.4, 0.5) is 0 Å². The summed E-state index contributed by atoms with van der Waals surface area (Å²) in [5.41, 5.74) is 2.90. The van der Waals surface area contributed by atoms with Crippen LogP contribution in [0.15, 0.2) is 35.5 Å². The molecule has 3 fully saturated rings. The molecular weight excluding hydrogens is 412 g/mol. The van der Waals surface area contributed by atoms with E-state index in [4.69, 9.17) is 4.74 Å². The van der Waals surface area contributed by atoms with Crippen LogP contribution in [0.1, 0.15) is 91.9 Å². The molecule has 0 aromatic carbocycles. The predicted octanol–water partition coefficient (Wildman–Crippen LogP) is 5.72. The zero-order valence-corrected chi connectivity index (χ0v) is 21.5. The van der Waals surface area contributed by atoms with Gasteiger partial charge in [0.1, 0.15) is 0 Å². The van der Waals surface area contributed by atoms with Crippen LogP contribution in [0.2, 0.25) is 0 Å². The van der Waals surface area contributed by atoms with Gasteiger partial charge in [-0.25, -0.2) is 0 Å². The Morgan fingerprint density at radius 1 is 1.18 bits per heavy atom. The summed E-state index contributed by atoms with van der Waals surface area (Å²) in [5, 5.41) is 30.2. The topological polar surface area (TPSA) is 69.9 Å². The van der Waals surface area contributed by atoms with Gasteiger partial charge < -0.3 is 20.1 Å². The number of allylic oxidation sites excluding steroid dienone is 3. The molecule has 0 aromatic heterocycles. The van der Waals surface area contributed by atoms with Crippen LogP contribution in [-0.4, -0.2) is 46.3 Å². The summed E-state index contributed by atoms with van der Waals surface area (Å²) >= 11 is 0. The molecule has 33 heavy (non-hydrogen) atoms. The average molecular weight is 461 g/mol. The maximum Gasteiger partial charge on any atom is 0.0811 e. The zero-order valence-electron chi connectivity index (χ0n) is 21.5. The Morgan fingerprint density at radius 2 is 1.94 bits per heavy atom. The summed E-state index contributed by atoms with van der Waals surface area (Å²) in [6, 6.07) is 0. The molecule has 3 N–H and O–H groups in total. The summed E-state index contributed by atoms with van der Waals surface area (Å²) in [5.74, 6) is 1.89. The van der Waals surface area contributed by atoms with Gasteiger partial charge in [-0.2, -0.15) is 0 Å². The minimum atomic E-state index is -0.634. The summed E-state index contributed by atoms with van der Waals surface area (Å²) < 4.78 is 6.36. The number of aliphatic hydroxyl groups excluding tert-OH is 2. The van der Waals surface area contributed by atoms with Gasteiger partial charge in [0.15, 0.2) is 0 Å². The fourth-order valence-corrected chi connectivity index (χ4v) is 6.86. The second-order valence-electron chi connectivity index (χ2n) is 12.0. The van der Waals surface area contributed by atoms with Gasteiger partial charge in [-0.1, -0.05) is 38.2 Å². The largest absolute Gasteiger partial charge is 0.393 e. The van der Waals surface area contributed by atoms with Crippen molar-refractivity contribution in [2.75, 3.05) is 13.2 Å². The molecule has 0 radical (unpaired) electrons. The molecule has 0 unspecified atom stereocenters. The van der Waals surface area contributed by atoms with E-state index in [1.807, 2.05) is 13.8 Å². The van der Waals surface area contributed by atoms with Crippen molar-refractivity contribution < 1.29 is 20.1 Å². The van der Waals surface area contributed by atoms with E-state index in [2.05, 4.69) is 32.6 Å². The monoisotopic (exact) mass is 460 g/mol. The molecule has 5 atom stereocenters. The number of hydrogen-bond donors (Lipinski definition) is 3. The van der Waals surface area contributed by atoms with Crippen LogP contribution in [0.5, 0.6) is 0 Å². The Kier molecular flexibility index (Phi) is 9.05. The Labute approximate surface area is 201 Å². The molecule has 0 saturated heterocycles. The van der Waals surface area contributed by atoms with Crippen LogP contribution in [0, 0.1) is 23.2 Å². The van der Waals surface area contributed by atoms with Crippen molar-refractivity contribution in [1.82, 2.24) is 0 Å². The molecule has 0 bridgehead atoms. The molecule has 4 nitrogen and oxygen atoms in total. The highest BCUT2D eigenvalue weighted by Gasteiger charge is 2.53. The van der Waals surface area contributed by atoms with Gasteiger partial charge in [0.25, 0.3) is 0 Å². The zero-order chi connectivity index (χ0) is 24.2. The highest BCUT2D eigenvalue weighted by atomic mass is 16.5. The van der Waals surface area contributed by atoms with Crippen molar-refractivity contribution in [2.24, 2.45) is 23.2 Å². The van der Waals surface area contributed by atoms with Gasteiger partial charge in [-0.3, -0.25) is 0 Å². The lowest BCUT2D eigenvalue weighted by atomic mass is 9.60. The van der Waals surface area contributed by atoms with Crippen LogP contribution in [-0.2, 0) is 4.74 Å². The van der Waals surface area contributed by atoms with Gasteiger partial charge in [-0.15, -0.1) is 0 Å². The third-order valence-corrected chi connectivity index (χ3v) is 8.52. The van der Waals surface area contributed by atoms with Gasteiger partial charge in [0.05, 0.1) is 24.4 Å². The van der Waals surface area contributed by atoms with Gasteiger partial charge in [0, 0.05) is 18.4 Å². The molecule has 3 rings (SSSR count). The lowest BCUT2D eigenvalue weighted by Gasteiger charge is -2.46. The highest BCUT2D eigenvalue weighted by molar-refractivity contribution is 5.38. The second kappa shape index (κ2) is 11.2. The molecule has 0 aliphatic heterocycles. The van der Waals surface area contributed by atoms with Crippen LogP contribution >= 0.6 is 0 Å².